The van der Waals surface area contributed by atoms with Gasteiger partial charge in [-0.05, 0) is 49.4 Å². The molecule has 6 nitrogen and oxygen atoms in total. The van der Waals surface area contributed by atoms with Crippen LogP contribution in [-0.4, -0.2) is 19.3 Å². The van der Waals surface area contributed by atoms with Crippen molar-refractivity contribution in [1.29, 1.82) is 0 Å². The van der Waals surface area contributed by atoms with E-state index >= 15 is 0 Å². The first-order valence-corrected chi connectivity index (χ1v) is 11.7. The van der Waals surface area contributed by atoms with Crippen LogP contribution < -0.4 is 10.0 Å². The highest BCUT2D eigenvalue weighted by molar-refractivity contribution is 7.92. The number of nitrogens with one attached hydrogen (secondary N) is 2. The fraction of sp³-hybridized carbons (Fsp3) is 0.238. The van der Waals surface area contributed by atoms with Crippen molar-refractivity contribution in [2.24, 2.45) is 5.92 Å². The largest absolute Gasteiger partial charge is 0.298 e. The smallest absolute Gasteiger partial charge is 0.261 e. The molecule has 1 heterocycles. The molecule has 1 atom stereocenters. The summed E-state index contributed by atoms with van der Waals surface area (Å²) in [7, 11) is -3.79. The van der Waals surface area contributed by atoms with Gasteiger partial charge in [-0.25, -0.2) is 13.4 Å². The predicted molar refractivity (Wildman–Crippen MR) is 115 cm³/mol. The van der Waals surface area contributed by atoms with Gasteiger partial charge in [-0.3, -0.25) is 14.8 Å². The summed E-state index contributed by atoms with van der Waals surface area (Å²) in [6.07, 6.45) is 3.01. The van der Waals surface area contributed by atoms with Crippen molar-refractivity contribution < 1.29 is 13.2 Å². The number of aromatic nitrogens is 1. The number of nitrogens with zero attached hydrogens (tertiary/aromatic N) is 1. The first-order valence-electron chi connectivity index (χ1n) is 9.39. The van der Waals surface area contributed by atoms with Gasteiger partial charge in [-0.15, -0.1) is 11.3 Å². The predicted octanol–water partition coefficient (Wildman–Crippen LogP) is 4.32. The molecule has 8 heteroatoms. The summed E-state index contributed by atoms with van der Waals surface area (Å²) in [4.78, 5) is 18.8. The number of amides is 1. The standard InChI is InChI=1S/C21H21N3O3S2/c1-14-11-12-18-19(13-14)28-21(22-18)23-20(25)16-9-5-6-10-17(16)24-29(26,27)15-7-3-2-4-8-15/h2-10,14,24H,11-13H2,1H3,(H,22,23,25). The molecule has 1 unspecified atom stereocenters. The van der Waals surface area contributed by atoms with E-state index in [4.69, 9.17) is 0 Å². The summed E-state index contributed by atoms with van der Waals surface area (Å²) in [5.41, 5.74) is 1.53. The molecule has 1 amide bonds. The highest BCUT2D eigenvalue weighted by Gasteiger charge is 2.22. The second kappa shape index (κ2) is 7.96. The molecule has 4 rings (SSSR count). The summed E-state index contributed by atoms with van der Waals surface area (Å²) in [6, 6.07) is 14.6. The molecule has 0 saturated heterocycles. The van der Waals surface area contributed by atoms with Crippen molar-refractivity contribution in [3.63, 3.8) is 0 Å². The van der Waals surface area contributed by atoms with Crippen molar-refractivity contribution in [1.82, 2.24) is 4.98 Å². The van der Waals surface area contributed by atoms with Crippen LogP contribution in [0.1, 0.15) is 34.3 Å². The maximum Gasteiger partial charge on any atom is 0.261 e. The molecule has 2 N–H and O–H groups in total. The van der Waals surface area contributed by atoms with Gasteiger partial charge < -0.3 is 0 Å². The molecule has 29 heavy (non-hydrogen) atoms. The number of carbonyl (C=O) groups excluding carboxylic acids is 1. The Morgan fingerprint density at radius 1 is 1.10 bits per heavy atom. The van der Waals surface area contributed by atoms with E-state index in [1.165, 1.54) is 28.3 Å². The van der Waals surface area contributed by atoms with Gasteiger partial charge in [0.2, 0.25) is 0 Å². The molecule has 1 aromatic heterocycles. The molecule has 0 bridgehead atoms. The first-order chi connectivity index (χ1) is 13.9. The van der Waals surface area contributed by atoms with Crippen molar-refractivity contribution in [2.45, 2.75) is 31.1 Å². The number of benzene rings is 2. The second-order valence-electron chi connectivity index (χ2n) is 7.16. The fourth-order valence-corrected chi connectivity index (χ4v) is 5.60. The molecule has 1 aliphatic rings. The van der Waals surface area contributed by atoms with Crippen molar-refractivity contribution in [3.05, 3.63) is 70.7 Å². The van der Waals surface area contributed by atoms with E-state index in [1.807, 2.05) is 0 Å². The molecular formula is C21H21N3O3S2. The Hall–Kier alpha value is -2.71. The molecule has 0 fully saturated rings. The summed E-state index contributed by atoms with van der Waals surface area (Å²) in [5, 5.41) is 3.38. The number of fused-ring (bicyclic) bond motifs is 1. The Labute approximate surface area is 174 Å². The summed E-state index contributed by atoms with van der Waals surface area (Å²) < 4.78 is 27.8. The van der Waals surface area contributed by atoms with E-state index in [1.54, 1.807) is 42.5 Å². The lowest BCUT2D eigenvalue weighted by molar-refractivity contribution is 0.102. The fourth-order valence-electron chi connectivity index (χ4n) is 3.33. The van der Waals surface area contributed by atoms with Crippen molar-refractivity contribution >= 4 is 38.1 Å². The number of hydrogen-bond acceptors (Lipinski definition) is 5. The van der Waals surface area contributed by atoms with E-state index in [2.05, 4.69) is 21.9 Å². The number of para-hydroxylation sites is 1. The van der Waals surface area contributed by atoms with Crippen molar-refractivity contribution in [3.8, 4) is 0 Å². The number of aryl methyl sites for hydroxylation is 1. The number of rotatable bonds is 5. The van der Waals surface area contributed by atoms with E-state index < -0.39 is 15.9 Å². The van der Waals surface area contributed by atoms with Crippen LogP contribution in [0.4, 0.5) is 10.8 Å². The van der Waals surface area contributed by atoms with E-state index in [9.17, 15) is 13.2 Å². The Kier molecular flexibility index (Phi) is 5.38. The number of carbonyl (C=O) groups is 1. The minimum atomic E-state index is -3.79. The lowest BCUT2D eigenvalue weighted by Gasteiger charge is -2.15. The number of sulfonamides is 1. The Bertz CT molecular complexity index is 1140. The Morgan fingerprint density at radius 3 is 2.62 bits per heavy atom. The van der Waals surface area contributed by atoms with Gasteiger partial charge in [0.05, 0.1) is 21.8 Å². The summed E-state index contributed by atoms with van der Waals surface area (Å²) >= 11 is 1.50. The molecule has 0 radical (unpaired) electrons. The SMILES string of the molecule is CC1CCc2nc(NC(=O)c3ccccc3NS(=O)(=O)c3ccccc3)sc2C1. The van der Waals surface area contributed by atoms with Crippen LogP contribution in [0.25, 0.3) is 0 Å². The maximum absolute atomic E-state index is 12.9. The maximum atomic E-state index is 12.9. The zero-order valence-corrected chi connectivity index (χ0v) is 17.5. The average Bonchev–Trinajstić information content (AvgIpc) is 3.10. The lowest BCUT2D eigenvalue weighted by Crippen LogP contribution is -2.18. The molecule has 0 saturated carbocycles. The quantitative estimate of drug-likeness (QED) is 0.635. The lowest BCUT2D eigenvalue weighted by atomic mass is 9.93. The Morgan fingerprint density at radius 2 is 1.83 bits per heavy atom. The molecule has 2 aromatic carbocycles. The summed E-state index contributed by atoms with van der Waals surface area (Å²) in [6.45, 7) is 2.22. The summed E-state index contributed by atoms with van der Waals surface area (Å²) in [5.74, 6) is 0.232. The third kappa shape index (κ3) is 4.33. The molecule has 0 spiro atoms. The van der Waals surface area contributed by atoms with Crippen LogP contribution in [0.2, 0.25) is 0 Å². The van der Waals surface area contributed by atoms with Gasteiger partial charge in [0.25, 0.3) is 15.9 Å². The highest BCUT2D eigenvalue weighted by atomic mass is 32.2. The zero-order chi connectivity index (χ0) is 20.4. The van der Waals surface area contributed by atoms with E-state index in [0.29, 0.717) is 11.0 Å². The van der Waals surface area contributed by atoms with Gasteiger partial charge in [0.15, 0.2) is 5.13 Å². The number of anilines is 2. The van der Waals surface area contributed by atoms with Crippen molar-refractivity contribution in [2.75, 3.05) is 10.0 Å². The molecule has 0 aliphatic heterocycles. The van der Waals surface area contributed by atoms with Crippen LogP contribution in [0.3, 0.4) is 0 Å². The minimum absolute atomic E-state index is 0.136. The zero-order valence-electron chi connectivity index (χ0n) is 15.9. The third-order valence-corrected chi connectivity index (χ3v) is 7.29. The van der Waals surface area contributed by atoms with Gasteiger partial charge >= 0.3 is 0 Å². The molecule has 150 valence electrons. The Balaban J connectivity index is 1.56. The minimum Gasteiger partial charge on any atom is -0.298 e. The van der Waals surface area contributed by atoms with E-state index in [0.717, 1.165) is 25.0 Å². The van der Waals surface area contributed by atoms with Gasteiger partial charge in [-0.1, -0.05) is 37.3 Å². The van der Waals surface area contributed by atoms with Crippen LogP contribution in [-0.2, 0) is 22.9 Å². The molecule has 1 aliphatic carbocycles. The van der Waals surface area contributed by atoms with Gasteiger partial charge in [0.1, 0.15) is 0 Å². The van der Waals surface area contributed by atoms with Gasteiger partial charge in [-0.2, -0.15) is 0 Å². The second-order valence-corrected chi connectivity index (χ2v) is 9.92. The van der Waals surface area contributed by atoms with E-state index in [-0.39, 0.29) is 16.1 Å². The molecule has 3 aromatic rings. The van der Waals surface area contributed by atoms with Crippen LogP contribution in [0, 0.1) is 5.92 Å². The average molecular weight is 428 g/mol. The normalized spacial score (nSPS) is 16.1. The van der Waals surface area contributed by atoms with Gasteiger partial charge in [0, 0.05) is 4.88 Å². The third-order valence-electron chi connectivity index (χ3n) is 4.88. The van der Waals surface area contributed by atoms with Crippen LogP contribution >= 0.6 is 11.3 Å². The number of thiazole rings is 1. The number of hydrogen-bond donors (Lipinski definition) is 2. The highest BCUT2D eigenvalue weighted by Crippen LogP contribution is 2.32. The van der Waals surface area contributed by atoms with Crippen LogP contribution in [0.15, 0.2) is 59.5 Å². The molecular weight excluding hydrogens is 406 g/mol. The van der Waals surface area contributed by atoms with Crippen LogP contribution in [0.5, 0.6) is 0 Å². The monoisotopic (exact) mass is 427 g/mol. The first kappa shape index (κ1) is 19.6. The topological polar surface area (TPSA) is 88.2 Å².